The first kappa shape index (κ1) is 24.5. The molecule has 1 fully saturated rings. The molecule has 0 aliphatic heterocycles. The largest absolute Gasteiger partial charge is 0.416 e. The van der Waals surface area contributed by atoms with Crippen LogP contribution in [0.1, 0.15) is 28.8 Å². The first-order valence-electron chi connectivity index (χ1n) is 10.00. The van der Waals surface area contributed by atoms with Crippen LogP contribution in [0, 0.1) is 0 Å². The topological polar surface area (TPSA) is 95.6 Å². The smallest absolute Gasteiger partial charge is 0.349 e. The highest BCUT2D eigenvalue weighted by Crippen LogP contribution is 2.31. The highest BCUT2D eigenvalue weighted by atomic mass is 32.2. The summed E-state index contributed by atoms with van der Waals surface area (Å²) in [5.74, 6) is -1.01. The summed E-state index contributed by atoms with van der Waals surface area (Å²) in [4.78, 5) is 24.1. The molecule has 0 heterocycles. The predicted molar refractivity (Wildman–Crippen MR) is 116 cm³/mol. The van der Waals surface area contributed by atoms with Gasteiger partial charge in [-0.1, -0.05) is 18.2 Å². The Labute approximate surface area is 189 Å². The van der Waals surface area contributed by atoms with Crippen LogP contribution < -0.4 is 10.6 Å². The Kier molecular flexibility index (Phi) is 7.23. The van der Waals surface area contributed by atoms with Crippen LogP contribution >= 0.6 is 0 Å². The van der Waals surface area contributed by atoms with Crippen molar-refractivity contribution in [3.63, 3.8) is 0 Å². The Morgan fingerprint density at radius 2 is 1.82 bits per heavy atom. The zero-order valence-corrected chi connectivity index (χ0v) is 18.2. The molecule has 1 aliphatic rings. The second-order valence-corrected chi connectivity index (χ2v) is 9.43. The Hall–Kier alpha value is -3.18. The normalized spacial score (nSPS) is 14.1. The van der Waals surface area contributed by atoms with E-state index >= 15 is 0 Å². The molecule has 2 aromatic carbocycles. The third-order valence-electron chi connectivity index (χ3n) is 4.77. The summed E-state index contributed by atoms with van der Waals surface area (Å²) < 4.78 is 65.6. The highest BCUT2D eigenvalue weighted by Gasteiger charge is 2.33. The lowest BCUT2D eigenvalue weighted by molar-refractivity contribution is -0.137. The van der Waals surface area contributed by atoms with Gasteiger partial charge in [-0.2, -0.15) is 17.5 Å². The van der Waals surface area contributed by atoms with Gasteiger partial charge in [-0.3, -0.25) is 9.59 Å². The lowest BCUT2D eigenvalue weighted by Crippen LogP contribution is -2.38. The van der Waals surface area contributed by atoms with Gasteiger partial charge < -0.3 is 10.6 Å². The van der Waals surface area contributed by atoms with Crippen molar-refractivity contribution in [2.45, 2.75) is 30.0 Å². The number of nitrogens with one attached hydrogen (secondary N) is 2. The standard InChI is InChI=1S/C22H22F3N3O4S/c1-2-11-28(33(31,32)19-8-4-6-16(13-19)22(23,24)25)14-20(29)26-18-7-3-5-15(12-18)21(30)27-17-9-10-17/h2-8,12-13,17H,1,9-11,14H2,(H,26,29)(H,27,30). The van der Waals surface area contributed by atoms with E-state index in [9.17, 15) is 31.2 Å². The molecule has 2 N–H and O–H groups in total. The SMILES string of the molecule is C=CCN(CC(=O)Nc1cccc(C(=O)NC2CC2)c1)S(=O)(=O)c1cccc(C(F)(F)F)c1. The van der Waals surface area contributed by atoms with E-state index in [0.29, 0.717) is 15.9 Å². The van der Waals surface area contributed by atoms with E-state index in [1.165, 1.54) is 18.2 Å². The number of alkyl halides is 3. The van der Waals surface area contributed by atoms with Crippen LogP contribution in [0.2, 0.25) is 0 Å². The summed E-state index contributed by atoms with van der Waals surface area (Å²) in [7, 11) is -4.42. The van der Waals surface area contributed by atoms with Crippen LogP contribution in [-0.2, 0) is 21.0 Å². The van der Waals surface area contributed by atoms with Crippen LogP contribution in [-0.4, -0.2) is 43.7 Å². The van der Waals surface area contributed by atoms with E-state index in [0.717, 1.165) is 31.0 Å². The molecule has 33 heavy (non-hydrogen) atoms. The van der Waals surface area contributed by atoms with Gasteiger partial charge in [-0.25, -0.2) is 8.42 Å². The molecule has 3 rings (SSSR count). The summed E-state index contributed by atoms with van der Waals surface area (Å²) in [6.07, 6.45) is -1.66. The molecular weight excluding hydrogens is 459 g/mol. The molecule has 2 amide bonds. The number of carbonyl (C=O) groups is 2. The second kappa shape index (κ2) is 9.75. The van der Waals surface area contributed by atoms with Crippen molar-refractivity contribution in [3.05, 3.63) is 72.3 Å². The maximum absolute atomic E-state index is 13.0. The lowest BCUT2D eigenvalue weighted by Gasteiger charge is -2.21. The fourth-order valence-electron chi connectivity index (χ4n) is 2.97. The Bertz CT molecular complexity index is 1160. The second-order valence-electron chi connectivity index (χ2n) is 7.49. The Balaban J connectivity index is 1.75. The van der Waals surface area contributed by atoms with Crippen molar-refractivity contribution in [2.24, 2.45) is 0 Å². The van der Waals surface area contributed by atoms with Crippen LogP contribution in [0.25, 0.3) is 0 Å². The van der Waals surface area contributed by atoms with Crippen LogP contribution in [0.15, 0.2) is 66.1 Å². The van der Waals surface area contributed by atoms with Gasteiger partial charge in [0, 0.05) is 23.8 Å². The molecule has 0 unspecified atom stereocenters. The monoisotopic (exact) mass is 481 g/mol. The maximum atomic E-state index is 13.0. The molecule has 176 valence electrons. The molecule has 0 saturated heterocycles. The van der Waals surface area contributed by atoms with E-state index in [-0.39, 0.29) is 24.2 Å². The van der Waals surface area contributed by atoms with Gasteiger partial charge in [-0.05, 0) is 49.2 Å². The molecule has 0 atom stereocenters. The Morgan fingerprint density at radius 3 is 2.45 bits per heavy atom. The molecule has 0 spiro atoms. The quantitative estimate of drug-likeness (QED) is 0.537. The maximum Gasteiger partial charge on any atom is 0.416 e. The summed E-state index contributed by atoms with van der Waals surface area (Å²) in [5.41, 5.74) is -0.509. The number of amides is 2. The highest BCUT2D eigenvalue weighted by molar-refractivity contribution is 7.89. The van der Waals surface area contributed by atoms with Crippen LogP contribution in [0.5, 0.6) is 0 Å². The minimum atomic E-state index is -4.72. The van der Waals surface area contributed by atoms with Gasteiger partial charge in [0.1, 0.15) is 0 Å². The van der Waals surface area contributed by atoms with Gasteiger partial charge in [-0.15, -0.1) is 6.58 Å². The van der Waals surface area contributed by atoms with Gasteiger partial charge in [0.2, 0.25) is 15.9 Å². The zero-order valence-electron chi connectivity index (χ0n) is 17.4. The molecule has 1 aliphatic carbocycles. The third-order valence-corrected chi connectivity index (χ3v) is 6.58. The fraction of sp³-hybridized carbons (Fsp3) is 0.273. The first-order chi connectivity index (χ1) is 15.5. The number of rotatable bonds is 9. The van der Waals surface area contributed by atoms with Crippen molar-refractivity contribution in [1.29, 1.82) is 0 Å². The van der Waals surface area contributed by atoms with E-state index in [1.54, 1.807) is 12.1 Å². The van der Waals surface area contributed by atoms with E-state index in [2.05, 4.69) is 17.2 Å². The first-order valence-corrected chi connectivity index (χ1v) is 11.4. The summed E-state index contributed by atoms with van der Waals surface area (Å²) in [6, 6.07) is 9.58. The van der Waals surface area contributed by atoms with Crippen LogP contribution in [0.4, 0.5) is 18.9 Å². The molecule has 2 aromatic rings. The zero-order chi connectivity index (χ0) is 24.2. The minimum absolute atomic E-state index is 0.157. The average molecular weight is 481 g/mol. The molecule has 0 aromatic heterocycles. The number of hydrogen-bond acceptors (Lipinski definition) is 4. The number of hydrogen-bond donors (Lipinski definition) is 2. The summed E-state index contributed by atoms with van der Waals surface area (Å²) in [6.45, 7) is 2.49. The fourth-order valence-corrected chi connectivity index (χ4v) is 4.38. The number of benzene rings is 2. The van der Waals surface area contributed by atoms with Crippen molar-refractivity contribution < 1.29 is 31.2 Å². The number of halogens is 3. The molecule has 1 saturated carbocycles. The van der Waals surface area contributed by atoms with Crippen molar-refractivity contribution in [2.75, 3.05) is 18.4 Å². The third kappa shape index (κ3) is 6.42. The van der Waals surface area contributed by atoms with E-state index in [4.69, 9.17) is 0 Å². The summed E-state index contributed by atoms with van der Waals surface area (Å²) >= 11 is 0. The van der Waals surface area contributed by atoms with Crippen molar-refractivity contribution >= 4 is 27.5 Å². The van der Waals surface area contributed by atoms with Gasteiger partial charge in [0.15, 0.2) is 0 Å². The summed E-state index contributed by atoms with van der Waals surface area (Å²) in [5, 5.41) is 5.34. The molecule has 7 nitrogen and oxygen atoms in total. The van der Waals surface area contributed by atoms with Gasteiger partial charge >= 0.3 is 6.18 Å². The van der Waals surface area contributed by atoms with E-state index < -0.39 is 39.1 Å². The van der Waals surface area contributed by atoms with Crippen molar-refractivity contribution in [3.8, 4) is 0 Å². The Morgan fingerprint density at radius 1 is 1.12 bits per heavy atom. The van der Waals surface area contributed by atoms with Gasteiger partial charge in [0.25, 0.3) is 5.91 Å². The number of nitrogens with zero attached hydrogens (tertiary/aromatic N) is 1. The number of sulfonamides is 1. The van der Waals surface area contributed by atoms with E-state index in [1.807, 2.05) is 0 Å². The van der Waals surface area contributed by atoms with Gasteiger partial charge in [0.05, 0.1) is 17.0 Å². The molecular formula is C22H22F3N3O4S. The minimum Gasteiger partial charge on any atom is -0.349 e. The molecule has 0 radical (unpaired) electrons. The molecule has 11 heteroatoms. The number of anilines is 1. The number of carbonyl (C=O) groups excluding carboxylic acids is 2. The van der Waals surface area contributed by atoms with Crippen LogP contribution in [0.3, 0.4) is 0 Å². The predicted octanol–water partition coefficient (Wildman–Crippen LogP) is 3.41. The lowest BCUT2D eigenvalue weighted by atomic mass is 10.2. The molecule has 0 bridgehead atoms. The van der Waals surface area contributed by atoms with Crippen molar-refractivity contribution in [1.82, 2.24) is 9.62 Å². The average Bonchev–Trinajstić information content (AvgIpc) is 3.57.